The zero-order chi connectivity index (χ0) is 22.3. The number of cyclic esters (lactones) is 1. The Morgan fingerprint density at radius 2 is 1.52 bits per heavy atom. The van der Waals surface area contributed by atoms with Crippen LogP contribution in [0.15, 0.2) is 66.4 Å². The molecule has 0 radical (unpaired) electrons. The first-order chi connectivity index (χ1) is 14.7. The van der Waals surface area contributed by atoms with E-state index in [4.69, 9.17) is 4.74 Å². The Balaban J connectivity index is 1.87. The van der Waals surface area contributed by atoms with Crippen LogP contribution in [0, 0.1) is 5.92 Å². The van der Waals surface area contributed by atoms with Gasteiger partial charge in [-0.05, 0) is 36.8 Å². The fourth-order valence-corrected chi connectivity index (χ4v) is 4.51. The molecule has 162 valence electrons. The quantitative estimate of drug-likeness (QED) is 0.680. The van der Waals surface area contributed by atoms with Crippen molar-refractivity contribution >= 4 is 17.3 Å². The molecular formula is C26H31N3O2. The highest BCUT2D eigenvalue weighted by Gasteiger charge is 2.51. The van der Waals surface area contributed by atoms with Crippen LogP contribution in [0.3, 0.4) is 0 Å². The fourth-order valence-electron chi connectivity index (χ4n) is 4.51. The molecule has 2 unspecified atom stereocenters. The monoisotopic (exact) mass is 417 g/mol. The van der Waals surface area contributed by atoms with Gasteiger partial charge in [-0.15, -0.1) is 0 Å². The lowest BCUT2D eigenvalue weighted by molar-refractivity contribution is -0.00776. The molecule has 0 saturated heterocycles. The van der Waals surface area contributed by atoms with Crippen molar-refractivity contribution in [2.45, 2.75) is 12.0 Å². The Morgan fingerprint density at radius 1 is 0.871 bits per heavy atom. The third-order valence-corrected chi connectivity index (χ3v) is 6.32. The van der Waals surface area contributed by atoms with E-state index < -0.39 is 5.60 Å². The van der Waals surface area contributed by atoms with Crippen molar-refractivity contribution < 1.29 is 9.53 Å². The van der Waals surface area contributed by atoms with Crippen LogP contribution >= 0.6 is 0 Å². The van der Waals surface area contributed by atoms with Crippen molar-refractivity contribution in [3.05, 3.63) is 83.1 Å². The first-order valence-electron chi connectivity index (χ1n) is 10.6. The molecule has 2 aliphatic rings. The van der Waals surface area contributed by atoms with Crippen LogP contribution < -0.4 is 9.80 Å². The number of fused-ring (bicyclic) bond motifs is 1. The van der Waals surface area contributed by atoms with Gasteiger partial charge in [0.15, 0.2) is 5.60 Å². The number of hydrogen-bond acceptors (Lipinski definition) is 5. The zero-order valence-electron chi connectivity index (χ0n) is 19.2. The minimum atomic E-state index is -0.840. The first-order valence-corrected chi connectivity index (χ1v) is 10.6. The lowest BCUT2D eigenvalue weighted by Crippen LogP contribution is -2.37. The Kier molecular flexibility index (Phi) is 5.29. The third-order valence-electron chi connectivity index (χ3n) is 6.32. The average Bonchev–Trinajstić information content (AvgIpc) is 3.06. The van der Waals surface area contributed by atoms with Gasteiger partial charge in [-0.2, -0.15) is 0 Å². The van der Waals surface area contributed by atoms with Crippen molar-refractivity contribution in [1.29, 1.82) is 0 Å². The van der Waals surface area contributed by atoms with E-state index in [1.165, 1.54) is 5.70 Å². The van der Waals surface area contributed by atoms with Gasteiger partial charge in [0.05, 0.1) is 5.56 Å². The molecule has 0 N–H and O–H groups in total. The van der Waals surface area contributed by atoms with E-state index in [0.29, 0.717) is 5.56 Å². The summed E-state index contributed by atoms with van der Waals surface area (Å²) in [6, 6.07) is 14.4. The normalized spacial score (nSPS) is 21.9. The minimum absolute atomic E-state index is 0.0109. The number of nitrogens with zero attached hydrogens (tertiary/aromatic N) is 3. The number of allylic oxidation sites excluding steroid dienone is 2. The maximum absolute atomic E-state index is 13.1. The van der Waals surface area contributed by atoms with Crippen LogP contribution in [-0.4, -0.2) is 53.2 Å². The van der Waals surface area contributed by atoms with Crippen molar-refractivity contribution in [1.82, 2.24) is 4.90 Å². The summed E-state index contributed by atoms with van der Waals surface area (Å²) in [5, 5.41) is 0. The summed E-state index contributed by atoms with van der Waals surface area (Å²) in [4.78, 5) is 19.3. The fraction of sp³-hybridized carbons (Fsp3) is 0.346. The van der Waals surface area contributed by atoms with Crippen LogP contribution in [0.25, 0.3) is 0 Å². The number of anilines is 2. The molecule has 1 heterocycles. The molecule has 2 aromatic carbocycles. The summed E-state index contributed by atoms with van der Waals surface area (Å²) in [5.41, 5.74) is 5.02. The molecule has 0 spiro atoms. The summed E-state index contributed by atoms with van der Waals surface area (Å²) >= 11 is 0. The van der Waals surface area contributed by atoms with Gasteiger partial charge in [0, 0.05) is 76.4 Å². The van der Waals surface area contributed by atoms with Gasteiger partial charge in [0.25, 0.3) is 0 Å². The summed E-state index contributed by atoms with van der Waals surface area (Å²) in [6.45, 7) is 0. The number of ether oxygens (including phenoxy) is 1. The number of hydrogen-bond donors (Lipinski definition) is 0. The van der Waals surface area contributed by atoms with Crippen LogP contribution in [-0.2, 0) is 10.3 Å². The van der Waals surface area contributed by atoms with Gasteiger partial charge in [-0.25, -0.2) is 4.79 Å². The minimum Gasteiger partial charge on any atom is -0.445 e. The molecule has 2 aromatic rings. The zero-order valence-corrected chi connectivity index (χ0v) is 19.2. The van der Waals surface area contributed by atoms with Crippen molar-refractivity contribution in [3.63, 3.8) is 0 Å². The van der Waals surface area contributed by atoms with E-state index in [0.717, 1.165) is 28.9 Å². The van der Waals surface area contributed by atoms with E-state index in [2.05, 4.69) is 64.4 Å². The molecule has 5 nitrogen and oxygen atoms in total. The maximum Gasteiger partial charge on any atom is 0.339 e. The third kappa shape index (κ3) is 3.48. The second kappa shape index (κ2) is 7.80. The average molecular weight is 418 g/mol. The summed E-state index contributed by atoms with van der Waals surface area (Å²) in [5.74, 6) is -0.247. The largest absolute Gasteiger partial charge is 0.445 e. The van der Waals surface area contributed by atoms with E-state index in [1.807, 2.05) is 53.3 Å². The molecular weight excluding hydrogens is 386 g/mol. The van der Waals surface area contributed by atoms with Crippen molar-refractivity contribution in [2.75, 3.05) is 52.1 Å². The second-order valence-electron chi connectivity index (χ2n) is 8.92. The summed E-state index contributed by atoms with van der Waals surface area (Å²) in [6.07, 6.45) is 7.34. The number of likely N-dealkylation sites (N-methyl/N-ethyl adjacent to an activating group) is 1. The van der Waals surface area contributed by atoms with Crippen LogP contribution in [0.5, 0.6) is 0 Å². The topological polar surface area (TPSA) is 36.0 Å². The van der Waals surface area contributed by atoms with E-state index in [9.17, 15) is 4.79 Å². The Hall–Kier alpha value is -3.21. The summed E-state index contributed by atoms with van der Waals surface area (Å²) in [7, 11) is 12.1. The predicted molar refractivity (Wildman–Crippen MR) is 127 cm³/mol. The van der Waals surface area contributed by atoms with Gasteiger partial charge in [-0.1, -0.05) is 30.4 Å². The number of rotatable bonds is 5. The first kappa shape index (κ1) is 21.0. The number of benzene rings is 2. The van der Waals surface area contributed by atoms with Gasteiger partial charge in [-0.3, -0.25) is 0 Å². The second-order valence-corrected chi connectivity index (χ2v) is 8.92. The number of esters is 1. The van der Waals surface area contributed by atoms with Gasteiger partial charge < -0.3 is 19.4 Å². The molecule has 0 saturated carbocycles. The van der Waals surface area contributed by atoms with Crippen LogP contribution in [0.4, 0.5) is 11.4 Å². The van der Waals surface area contributed by atoms with Crippen LogP contribution in [0.2, 0.25) is 0 Å². The van der Waals surface area contributed by atoms with Crippen LogP contribution in [0.1, 0.15) is 27.9 Å². The van der Waals surface area contributed by atoms with E-state index >= 15 is 0 Å². The van der Waals surface area contributed by atoms with E-state index in [-0.39, 0.29) is 11.9 Å². The molecule has 0 fully saturated rings. The lowest BCUT2D eigenvalue weighted by Gasteiger charge is -2.37. The molecule has 1 aliphatic heterocycles. The van der Waals surface area contributed by atoms with Gasteiger partial charge >= 0.3 is 5.97 Å². The van der Waals surface area contributed by atoms with Gasteiger partial charge in [0.2, 0.25) is 0 Å². The summed E-state index contributed by atoms with van der Waals surface area (Å²) < 4.78 is 6.31. The molecule has 0 bridgehead atoms. The molecule has 4 rings (SSSR count). The lowest BCUT2D eigenvalue weighted by atomic mass is 9.73. The maximum atomic E-state index is 13.1. The Labute approximate surface area is 185 Å². The molecule has 5 heteroatoms. The van der Waals surface area contributed by atoms with Gasteiger partial charge in [0.1, 0.15) is 0 Å². The molecule has 31 heavy (non-hydrogen) atoms. The smallest absolute Gasteiger partial charge is 0.339 e. The van der Waals surface area contributed by atoms with Crippen molar-refractivity contribution in [2.24, 2.45) is 5.92 Å². The highest BCUT2D eigenvalue weighted by molar-refractivity contribution is 5.96. The highest BCUT2D eigenvalue weighted by Crippen LogP contribution is 2.50. The van der Waals surface area contributed by atoms with E-state index in [1.54, 1.807) is 0 Å². The predicted octanol–water partition coefficient (Wildman–Crippen LogP) is 4.25. The molecule has 0 amide bonds. The molecule has 0 aromatic heterocycles. The Bertz CT molecular complexity index is 1050. The number of carbonyl (C=O) groups excluding carboxylic acids is 1. The Morgan fingerprint density at radius 3 is 2.06 bits per heavy atom. The standard InChI is InChI=1S/C26H31N3O2/c1-27(2)20-11-7-18(8-12-20)26(19-9-13-21(14-10-19)28(3)4)24-16-15-22(29(5)6)17-23(24)25(30)31-26/h7-9,11-17,19H,10H2,1-6H3. The molecule has 1 aliphatic carbocycles. The van der Waals surface area contributed by atoms with Crippen molar-refractivity contribution in [3.8, 4) is 0 Å². The number of carbonyl (C=O) groups is 1. The highest BCUT2D eigenvalue weighted by atomic mass is 16.6. The SMILES string of the molecule is CN(C)C1=CCC(C2(c3ccc(N(C)C)cc3)OC(=O)c3cc(N(C)C)ccc32)C=C1. The molecule has 2 atom stereocenters.